The highest BCUT2D eigenvalue weighted by Gasteiger charge is 2.31. The van der Waals surface area contributed by atoms with Crippen LogP contribution in [0.15, 0.2) is 30.3 Å². The second-order valence-electron chi connectivity index (χ2n) is 7.72. The first-order chi connectivity index (χ1) is 14.7. The van der Waals surface area contributed by atoms with Gasteiger partial charge >= 0.3 is 0 Å². The Morgan fingerprint density at radius 2 is 1.97 bits per heavy atom. The van der Waals surface area contributed by atoms with Gasteiger partial charge in [0.15, 0.2) is 0 Å². The minimum Gasteiger partial charge on any atom is -0.338 e. The van der Waals surface area contributed by atoms with Gasteiger partial charge in [-0.25, -0.2) is 17.4 Å². The Balaban J connectivity index is 1.55. The number of thiophene rings is 1. The van der Waals surface area contributed by atoms with Crippen molar-refractivity contribution in [3.63, 3.8) is 0 Å². The fourth-order valence-corrected chi connectivity index (χ4v) is 6.39. The molecular weight excluding hydrogens is 456 g/mol. The standard InChI is InChI=1S/C21H25ClN4O3S2/c1-4-31(28,29)24(3)15-9-11-25(12-10-15)20(27)19-13-16-14(2)23-26(21(16)30-19)18-8-6-5-7-17(18)22/h5-8,13,15H,4,9-12H2,1-3H3. The lowest BCUT2D eigenvalue weighted by molar-refractivity contribution is 0.0691. The Kier molecular flexibility index (Phi) is 6.13. The Hall–Kier alpha value is -1.94. The van der Waals surface area contributed by atoms with Crippen LogP contribution in [0.3, 0.4) is 0 Å². The Morgan fingerprint density at radius 3 is 2.61 bits per heavy atom. The molecule has 0 N–H and O–H groups in total. The molecule has 166 valence electrons. The highest BCUT2D eigenvalue weighted by molar-refractivity contribution is 7.89. The van der Waals surface area contributed by atoms with E-state index in [1.165, 1.54) is 15.6 Å². The van der Waals surface area contributed by atoms with Crippen LogP contribution < -0.4 is 0 Å². The van der Waals surface area contributed by atoms with Gasteiger partial charge in [0.2, 0.25) is 10.0 Å². The summed E-state index contributed by atoms with van der Waals surface area (Å²) in [5, 5.41) is 6.15. The molecule has 1 fully saturated rings. The molecule has 1 aliphatic heterocycles. The van der Waals surface area contributed by atoms with Gasteiger partial charge in [-0.15, -0.1) is 11.3 Å². The van der Waals surface area contributed by atoms with Gasteiger partial charge in [-0.3, -0.25) is 4.79 Å². The largest absolute Gasteiger partial charge is 0.338 e. The number of halogens is 1. The van der Waals surface area contributed by atoms with Crippen LogP contribution in [0, 0.1) is 6.92 Å². The van der Waals surface area contributed by atoms with E-state index in [0.717, 1.165) is 21.6 Å². The number of carbonyl (C=O) groups is 1. The van der Waals surface area contributed by atoms with Crippen LogP contribution in [-0.4, -0.2) is 65.2 Å². The highest BCUT2D eigenvalue weighted by Crippen LogP contribution is 2.33. The van der Waals surface area contributed by atoms with E-state index in [9.17, 15) is 13.2 Å². The maximum atomic E-state index is 13.2. The molecule has 1 aliphatic rings. The number of hydrogen-bond acceptors (Lipinski definition) is 5. The number of para-hydroxylation sites is 1. The third-order valence-electron chi connectivity index (χ3n) is 5.91. The van der Waals surface area contributed by atoms with Crippen LogP contribution >= 0.6 is 22.9 Å². The number of carbonyl (C=O) groups excluding carboxylic acids is 1. The molecular formula is C21H25ClN4O3S2. The Bertz CT molecular complexity index is 1230. The molecule has 0 radical (unpaired) electrons. The smallest absolute Gasteiger partial charge is 0.264 e. The number of piperidine rings is 1. The minimum atomic E-state index is -3.23. The molecule has 4 rings (SSSR count). The summed E-state index contributed by atoms with van der Waals surface area (Å²) in [5.41, 5.74) is 1.62. The molecule has 0 unspecified atom stereocenters. The number of hydrogen-bond donors (Lipinski definition) is 0. The van der Waals surface area contributed by atoms with Gasteiger partial charge in [0.05, 0.1) is 27.0 Å². The summed E-state index contributed by atoms with van der Waals surface area (Å²) in [7, 11) is -1.59. The average Bonchev–Trinajstić information content (AvgIpc) is 3.34. The molecule has 1 amide bonds. The second kappa shape index (κ2) is 8.54. The number of amides is 1. The second-order valence-corrected chi connectivity index (χ2v) is 11.5. The monoisotopic (exact) mass is 480 g/mol. The van der Waals surface area contributed by atoms with Gasteiger partial charge < -0.3 is 4.90 Å². The van der Waals surface area contributed by atoms with E-state index >= 15 is 0 Å². The minimum absolute atomic E-state index is 0.0224. The summed E-state index contributed by atoms with van der Waals surface area (Å²) in [5.74, 6) is 0.0671. The van der Waals surface area contributed by atoms with E-state index in [1.807, 2.05) is 42.2 Å². The molecule has 7 nitrogen and oxygen atoms in total. The van der Waals surface area contributed by atoms with E-state index in [4.69, 9.17) is 11.6 Å². The van der Waals surface area contributed by atoms with Crippen molar-refractivity contribution >= 4 is 49.1 Å². The van der Waals surface area contributed by atoms with Crippen LogP contribution in [-0.2, 0) is 10.0 Å². The number of aromatic nitrogens is 2. The third kappa shape index (κ3) is 4.11. The van der Waals surface area contributed by atoms with Crippen LogP contribution in [0.2, 0.25) is 5.02 Å². The number of benzene rings is 1. The van der Waals surface area contributed by atoms with E-state index in [-0.39, 0.29) is 17.7 Å². The zero-order valence-electron chi connectivity index (χ0n) is 17.7. The number of fused-ring (bicyclic) bond motifs is 1. The number of aryl methyl sites for hydroxylation is 1. The Morgan fingerprint density at radius 1 is 1.29 bits per heavy atom. The predicted octanol–water partition coefficient (Wildman–Crippen LogP) is 3.93. The molecule has 0 saturated carbocycles. The zero-order chi connectivity index (χ0) is 22.3. The number of rotatable bonds is 5. The molecule has 2 aromatic heterocycles. The lowest BCUT2D eigenvalue weighted by atomic mass is 10.1. The van der Waals surface area contributed by atoms with Crippen molar-refractivity contribution in [2.24, 2.45) is 0 Å². The molecule has 3 aromatic rings. The van der Waals surface area contributed by atoms with E-state index in [1.54, 1.807) is 18.7 Å². The van der Waals surface area contributed by atoms with Crippen molar-refractivity contribution in [1.29, 1.82) is 0 Å². The van der Waals surface area contributed by atoms with Gasteiger partial charge in [-0.05, 0) is 44.9 Å². The molecule has 10 heteroatoms. The first-order valence-electron chi connectivity index (χ1n) is 10.2. The van der Waals surface area contributed by atoms with Gasteiger partial charge in [0.1, 0.15) is 4.83 Å². The van der Waals surface area contributed by atoms with E-state index in [2.05, 4.69) is 5.10 Å². The van der Waals surface area contributed by atoms with Gasteiger partial charge in [-0.1, -0.05) is 23.7 Å². The van der Waals surface area contributed by atoms with Crippen molar-refractivity contribution in [1.82, 2.24) is 19.0 Å². The first kappa shape index (κ1) is 22.3. The SMILES string of the molecule is CCS(=O)(=O)N(C)C1CCN(C(=O)c2cc3c(C)nn(-c4ccccc4Cl)c3s2)CC1. The molecule has 0 aliphatic carbocycles. The number of likely N-dealkylation sites (tertiary alicyclic amines) is 1. The summed E-state index contributed by atoms with van der Waals surface area (Å²) < 4.78 is 27.5. The first-order valence-corrected chi connectivity index (χ1v) is 13.0. The molecule has 31 heavy (non-hydrogen) atoms. The lowest BCUT2D eigenvalue weighted by Crippen LogP contribution is -2.47. The third-order valence-corrected chi connectivity index (χ3v) is 9.23. The van der Waals surface area contributed by atoms with Crippen LogP contribution in [0.1, 0.15) is 35.1 Å². The Labute approximate surface area is 191 Å². The maximum Gasteiger partial charge on any atom is 0.264 e. The fourth-order valence-electron chi connectivity index (χ4n) is 3.96. The van der Waals surface area contributed by atoms with Crippen molar-refractivity contribution in [2.45, 2.75) is 32.7 Å². The van der Waals surface area contributed by atoms with Crippen molar-refractivity contribution in [3.05, 3.63) is 45.9 Å². The van der Waals surface area contributed by atoms with Crippen LogP contribution in [0.25, 0.3) is 15.9 Å². The molecule has 0 bridgehead atoms. The van der Waals surface area contributed by atoms with Crippen LogP contribution in [0.5, 0.6) is 0 Å². The molecule has 0 spiro atoms. The van der Waals surface area contributed by atoms with E-state index < -0.39 is 10.0 Å². The van der Waals surface area contributed by atoms with Crippen molar-refractivity contribution < 1.29 is 13.2 Å². The zero-order valence-corrected chi connectivity index (χ0v) is 20.1. The van der Waals surface area contributed by atoms with Crippen molar-refractivity contribution in [2.75, 3.05) is 25.9 Å². The summed E-state index contributed by atoms with van der Waals surface area (Å²) in [6, 6.07) is 9.34. The predicted molar refractivity (Wildman–Crippen MR) is 125 cm³/mol. The molecule has 1 saturated heterocycles. The number of sulfonamides is 1. The summed E-state index contributed by atoms with van der Waals surface area (Å²) in [6.45, 7) is 4.65. The molecule has 1 aromatic carbocycles. The summed E-state index contributed by atoms with van der Waals surface area (Å²) in [6.07, 6.45) is 1.28. The normalized spacial score (nSPS) is 15.8. The quantitative estimate of drug-likeness (QED) is 0.554. The van der Waals surface area contributed by atoms with Crippen LogP contribution in [0.4, 0.5) is 0 Å². The van der Waals surface area contributed by atoms with E-state index in [0.29, 0.717) is 35.8 Å². The highest BCUT2D eigenvalue weighted by atomic mass is 35.5. The van der Waals surface area contributed by atoms with Gasteiger partial charge in [-0.2, -0.15) is 5.10 Å². The topological polar surface area (TPSA) is 75.5 Å². The van der Waals surface area contributed by atoms with Gasteiger partial charge in [0, 0.05) is 31.6 Å². The number of nitrogens with zero attached hydrogens (tertiary/aromatic N) is 4. The average molecular weight is 481 g/mol. The van der Waals surface area contributed by atoms with Gasteiger partial charge in [0.25, 0.3) is 5.91 Å². The molecule has 0 atom stereocenters. The molecule has 3 heterocycles. The summed E-state index contributed by atoms with van der Waals surface area (Å²) >= 11 is 7.77. The maximum absolute atomic E-state index is 13.2. The van der Waals surface area contributed by atoms with Crippen molar-refractivity contribution in [3.8, 4) is 5.69 Å². The fraction of sp³-hybridized carbons (Fsp3) is 0.429. The summed E-state index contributed by atoms with van der Waals surface area (Å²) in [4.78, 5) is 16.5. The lowest BCUT2D eigenvalue weighted by Gasteiger charge is -2.35.